The van der Waals surface area contributed by atoms with E-state index in [1.54, 1.807) is 25.7 Å². The number of esters is 1. The molecule has 5 aliphatic rings. The van der Waals surface area contributed by atoms with Gasteiger partial charge in [0.1, 0.15) is 40.4 Å². The Labute approximate surface area is 304 Å². The molecule has 0 unspecified atom stereocenters. The van der Waals surface area contributed by atoms with E-state index in [0.29, 0.717) is 55.2 Å². The molecular weight excluding hydrogens is 651 g/mol. The first kappa shape index (κ1) is 39.1. The summed E-state index contributed by atoms with van der Waals surface area (Å²) in [7, 11) is -0.301. The molecule has 0 spiro atoms. The van der Waals surface area contributed by atoms with Gasteiger partial charge in [-0.05, 0) is 135 Å². The lowest BCUT2D eigenvalue weighted by atomic mass is 9.43. The smallest absolute Gasteiger partial charge is 0.457 e. The molecule has 3 saturated carbocycles. The predicted octanol–water partition coefficient (Wildman–Crippen LogP) is 6.46. The van der Waals surface area contributed by atoms with Gasteiger partial charge in [0.25, 0.3) is 0 Å². The van der Waals surface area contributed by atoms with Gasteiger partial charge in [-0.1, -0.05) is 19.9 Å². The van der Waals surface area contributed by atoms with Crippen molar-refractivity contribution < 1.29 is 42.7 Å². The number of rotatable bonds is 12. The quantitative estimate of drug-likeness (QED) is 0.192. The minimum absolute atomic E-state index is 0.0191. The maximum atomic E-state index is 13.6. The van der Waals surface area contributed by atoms with E-state index in [-0.39, 0.29) is 55.1 Å². The van der Waals surface area contributed by atoms with E-state index >= 15 is 0 Å². The van der Waals surface area contributed by atoms with Crippen molar-refractivity contribution in [1.82, 2.24) is 10.2 Å². The lowest BCUT2D eigenvalue weighted by Gasteiger charge is -2.64. The number of ether oxygens (including phenoxy) is 3. The van der Waals surface area contributed by atoms with Crippen molar-refractivity contribution in [3.05, 3.63) is 28.8 Å². The van der Waals surface area contributed by atoms with Crippen molar-refractivity contribution in [1.29, 1.82) is 0 Å². The Kier molecular flexibility index (Phi) is 11.0. The van der Waals surface area contributed by atoms with E-state index < -0.39 is 29.3 Å². The summed E-state index contributed by atoms with van der Waals surface area (Å²) in [5.41, 5.74) is 0.725. The number of nitrogens with one attached hydrogen (secondary N) is 1. The standard InChI is InChI=1S/C39H59BN2O9/c1-23(43)13-12-14-28(41-35(46)49-37(6,7)8)33(44)42-21-27(22-42)47-29-16-15-25(24(2)32(29)34(45)48-36(3,4)5)17-18-40-50-31-20-26-19-30(38(26,9)10)39(31,11)51-40/h15-16,26-28,30-31H,12-14,17-22H2,1-11H3,(H,41,46)/t26-,28-,30-,31+,39-/m0/s1. The maximum Gasteiger partial charge on any atom is 0.457 e. The minimum Gasteiger partial charge on any atom is -0.486 e. The monoisotopic (exact) mass is 710 g/mol. The summed E-state index contributed by atoms with van der Waals surface area (Å²) in [5.74, 6) is 0.862. The first-order valence-corrected chi connectivity index (χ1v) is 18.7. The van der Waals surface area contributed by atoms with Crippen LogP contribution in [0.4, 0.5) is 4.79 Å². The maximum absolute atomic E-state index is 13.6. The van der Waals surface area contributed by atoms with Gasteiger partial charge in [0.15, 0.2) is 0 Å². The summed E-state index contributed by atoms with van der Waals surface area (Å²) in [6.45, 7) is 21.7. The Morgan fingerprint density at radius 3 is 2.29 bits per heavy atom. The van der Waals surface area contributed by atoms with Crippen molar-refractivity contribution in [2.45, 2.75) is 156 Å². The summed E-state index contributed by atoms with van der Waals surface area (Å²) < 4.78 is 30.7. The van der Waals surface area contributed by atoms with Crippen LogP contribution < -0.4 is 10.1 Å². The molecule has 282 valence electrons. The van der Waals surface area contributed by atoms with Crippen molar-refractivity contribution in [3.63, 3.8) is 0 Å². The third-order valence-corrected chi connectivity index (χ3v) is 11.3. The number of likely N-dealkylation sites (tertiary alicyclic amines) is 1. The second-order valence-electron chi connectivity index (χ2n) is 17.9. The number of amides is 2. The number of carbonyl (C=O) groups excluding carboxylic acids is 4. The summed E-state index contributed by atoms with van der Waals surface area (Å²) in [4.78, 5) is 52.8. The molecule has 2 amide bonds. The molecule has 1 aromatic rings. The molecule has 0 aromatic heterocycles. The second kappa shape index (κ2) is 14.4. The molecule has 6 rings (SSSR count). The lowest BCUT2D eigenvalue weighted by Crippen LogP contribution is -2.65. The molecule has 51 heavy (non-hydrogen) atoms. The molecule has 1 N–H and O–H groups in total. The van der Waals surface area contributed by atoms with Gasteiger partial charge in [-0.25, -0.2) is 9.59 Å². The molecule has 2 heterocycles. The number of carbonyl (C=O) groups is 4. The zero-order valence-electron chi connectivity index (χ0n) is 32.6. The molecule has 0 radical (unpaired) electrons. The zero-order chi connectivity index (χ0) is 37.7. The number of Topliss-reactive ketones (excluding diaryl/α,β-unsaturated/α-hetero) is 1. The van der Waals surface area contributed by atoms with Crippen LogP contribution in [-0.2, 0) is 34.8 Å². The molecule has 3 aliphatic carbocycles. The van der Waals surface area contributed by atoms with Crippen LogP contribution in [0.25, 0.3) is 0 Å². The average molecular weight is 711 g/mol. The highest BCUT2D eigenvalue weighted by molar-refractivity contribution is 6.45. The van der Waals surface area contributed by atoms with Crippen molar-refractivity contribution in [2.24, 2.45) is 17.3 Å². The summed E-state index contributed by atoms with van der Waals surface area (Å²) in [6.07, 6.45) is 3.71. The third kappa shape index (κ3) is 8.75. The first-order chi connectivity index (χ1) is 23.6. The predicted molar refractivity (Wildman–Crippen MR) is 194 cm³/mol. The second-order valence-corrected chi connectivity index (χ2v) is 17.9. The molecule has 11 nitrogen and oxygen atoms in total. The van der Waals surface area contributed by atoms with Gasteiger partial charge in [0.05, 0.1) is 24.8 Å². The third-order valence-electron chi connectivity index (χ3n) is 11.3. The Morgan fingerprint density at radius 1 is 1.02 bits per heavy atom. The van der Waals surface area contributed by atoms with Crippen LogP contribution in [-0.4, -0.2) is 83.9 Å². The number of hydrogen-bond donors (Lipinski definition) is 1. The van der Waals surface area contributed by atoms with E-state index in [0.717, 1.165) is 17.5 Å². The van der Waals surface area contributed by atoms with Gasteiger partial charge in [-0.15, -0.1) is 0 Å². The van der Waals surface area contributed by atoms with Crippen LogP contribution in [0, 0.1) is 24.2 Å². The molecule has 2 bridgehead atoms. The molecule has 5 atom stereocenters. The number of aryl methyl sites for hydroxylation is 1. The van der Waals surface area contributed by atoms with Gasteiger partial charge in [0, 0.05) is 6.42 Å². The topological polar surface area (TPSA) is 130 Å². The van der Waals surface area contributed by atoms with Crippen LogP contribution >= 0.6 is 0 Å². The normalized spacial score (nSPS) is 26.0. The van der Waals surface area contributed by atoms with E-state index in [1.165, 1.54) is 13.3 Å². The molecule has 12 heteroatoms. The fraction of sp³-hybridized carbons (Fsp3) is 0.744. The van der Waals surface area contributed by atoms with E-state index in [2.05, 4.69) is 26.1 Å². The zero-order valence-corrected chi connectivity index (χ0v) is 32.6. The van der Waals surface area contributed by atoms with Gasteiger partial charge >= 0.3 is 19.2 Å². The molecule has 2 aliphatic heterocycles. The SMILES string of the molecule is CC(=O)CCC[C@H](NC(=O)OC(C)(C)C)C(=O)N1CC(Oc2ccc(CCB3O[C@@H]4C[C@@H]5C[C@@H](C5(C)C)[C@]4(C)O3)c(C)c2C(=O)OC(C)(C)C)C1. The molecular formula is C39H59BN2O9. The number of ketones is 1. The average Bonchev–Trinajstić information content (AvgIpc) is 3.31. The summed E-state index contributed by atoms with van der Waals surface area (Å²) >= 11 is 0. The largest absolute Gasteiger partial charge is 0.486 e. The van der Waals surface area contributed by atoms with Crippen LogP contribution in [0.2, 0.25) is 6.32 Å². The minimum atomic E-state index is -0.837. The van der Waals surface area contributed by atoms with E-state index in [1.807, 2.05) is 39.8 Å². The van der Waals surface area contributed by atoms with Gasteiger partial charge < -0.3 is 38.5 Å². The van der Waals surface area contributed by atoms with Crippen molar-refractivity contribution in [3.8, 4) is 5.75 Å². The van der Waals surface area contributed by atoms with E-state index in [9.17, 15) is 19.2 Å². The Hall–Kier alpha value is -3.12. The highest BCUT2D eigenvalue weighted by Gasteiger charge is 2.67. The van der Waals surface area contributed by atoms with Crippen LogP contribution in [0.1, 0.15) is 123 Å². The first-order valence-electron chi connectivity index (χ1n) is 18.7. The number of nitrogens with zero attached hydrogens (tertiary/aromatic N) is 1. The highest BCUT2D eigenvalue weighted by Crippen LogP contribution is 2.65. The fourth-order valence-electron chi connectivity index (χ4n) is 8.39. The Bertz CT molecular complexity index is 1510. The lowest BCUT2D eigenvalue weighted by molar-refractivity contribution is -0.199. The Balaban J connectivity index is 1.24. The van der Waals surface area contributed by atoms with Crippen LogP contribution in [0.3, 0.4) is 0 Å². The number of benzene rings is 1. The molecule has 1 aromatic carbocycles. The van der Waals surface area contributed by atoms with E-state index in [4.69, 9.17) is 23.5 Å². The summed E-state index contributed by atoms with van der Waals surface area (Å²) in [5, 5.41) is 2.69. The number of alkyl carbamates (subject to hydrolysis) is 1. The number of hydrogen-bond acceptors (Lipinski definition) is 9. The highest BCUT2D eigenvalue weighted by atomic mass is 16.7. The Morgan fingerprint density at radius 2 is 1.69 bits per heavy atom. The molecule has 5 fully saturated rings. The van der Waals surface area contributed by atoms with Crippen molar-refractivity contribution >= 4 is 30.9 Å². The van der Waals surface area contributed by atoms with Crippen LogP contribution in [0.15, 0.2) is 12.1 Å². The van der Waals surface area contributed by atoms with Crippen LogP contribution in [0.5, 0.6) is 5.75 Å². The van der Waals surface area contributed by atoms with Crippen molar-refractivity contribution in [2.75, 3.05) is 13.1 Å². The fourth-order valence-corrected chi connectivity index (χ4v) is 8.39. The van der Waals surface area contributed by atoms with Gasteiger partial charge in [-0.3, -0.25) is 4.79 Å². The van der Waals surface area contributed by atoms with Gasteiger partial charge in [0.2, 0.25) is 5.91 Å². The van der Waals surface area contributed by atoms with Gasteiger partial charge in [-0.2, -0.15) is 0 Å². The molecule has 2 saturated heterocycles. The summed E-state index contributed by atoms with van der Waals surface area (Å²) in [6, 6.07) is 2.96.